The molecule has 0 fully saturated rings. The number of benzene rings is 1. The van der Waals surface area contributed by atoms with Gasteiger partial charge in [0.15, 0.2) is 0 Å². The van der Waals surface area contributed by atoms with Crippen LogP contribution < -0.4 is 4.90 Å². The highest BCUT2D eigenvalue weighted by atomic mass is 16.5. The smallest absolute Gasteiger partial charge is 0.333 e. The number of hydrogen-bond acceptors (Lipinski definition) is 3. The fourth-order valence-corrected chi connectivity index (χ4v) is 2.04. The Bertz CT molecular complexity index is 426. The van der Waals surface area contributed by atoms with Gasteiger partial charge in [-0.2, -0.15) is 0 Å². The van der Waals surface area contributed by atoms with Crippen LogP contribution in [0.25, 0.3) is 0 Å². The van der Waals surface area contributed by atoms with Gasteiger partial charge in [0.05, 0.1) is 7.11 Å². The monoisotopic (exact) mass is 275 g/mol. The molecule has 1 aromatic rings. The lowest BCUT2D eigenvalue weighted by Crippen LogP contribution is -2.25. The first-order valence-corrected chi connectivity index (χ1v) is 7.30. The van der Waals surface area contributed by atoms with Crippen LogP contribution in [0.3, 0.4) is 0 Å². The van der Waals surface area contributed by atoms with Crippen molar-refractivity contribution < 1.29 is 9.53 Å². The predicted molar refractivity (Wildman–Crippen MR) is 84.0 cm³/mol. The van der Waals surface area contributed by atoms with Gasteiger partial charge in [0.2, 0.25) is 0 Å². The third kappa shape index (κ3) is 5.08. The molecule has 3 nitrogen and oxygen atoms in total. The van der Waals surface area contributed by atoms with Gasteiger partial charge < -0.3 is 9.64 Å². The van der Waals surface area contributed by atoms with Crippen LogP contribution in [0.4, 0.5) is 5.69 Å². The minimum atomic E-state index is -0.226. The first-order valence-electron chi connectivity index (χ1n) is 7.30. The normalized spacial score (nSPS) is 11.2. The zero-order valence-corrected chi connectivity index (χ0v) is 12.8. The average Bonchev–Trinajstić information content (AvgIpc) is 2.51. The molecule has 0 aliphatic carbocycles. The molecule has 1 aromatic carbocycles. The molecule has 0 bridgehead atoms. The molecule has 0 saturated carbocycles. The summed E-state index contributed by atoms with van der Waals surface area (Å²) in [5, 5.41) is 0. The number of hydrogen-bond donors (Lipinski definition) is 0. The van der Waals surface area contributed by atoms with Gasteiger partial charge in [-0.05, 0) is 25.0 Å². The van der Waals surface area contributed by atoms with E-state index < -0.39 is 0 Å². The van der Waals surface area contributed by atoms with Crippen LogP contribution in [0.5, 0.6) is 0 Å². The number of anilines is 1. The highest BCUT2D eigenvalue weighted by Crippen LogP contribution is 2.15. The van der Waals surface area contributed by atoms with E-state index in [-0.39, 0.29) is 5.97 Å². The van der Waals surface area contributed by atoms with Crippen molar-refractivity contribution in [3.63, 3.8) is 0 Å². The summed E-state index contributed by atoms with van der Waals surface area (Å²) in [5.74, 6) is -0.226. The summed E-state index contributed by atoms with van der Waals surface area (Å²) in [5.41, 5.74) is 1.93. The molecule has 0 unspecified atom stereocenters. The van der Waals surface area contributed by atoms with E-state index in [0.29, 0.717) is 6.42 Å². The number of nitrogens with zero attached hydrogens (tertiary/aromatic N) is 1. The van der Waals surface area contributed by atoms with Gasteiger partial charge in [0, 0.05) is 24.4 Å². The summed E-state index contributed by atoms with van der Waals surface area (Å²) in [7, 11) is 1.43. The first kappa shape index (κ1) is 16.3. The Kier molecular flexibility index (Phi) is 7.48. The molecule has 0 saturated heterocycles. The number of carbonyl (C=O) groups excluding carboxylic acids is 1. The van der Waals surface area contributed by atoms with Gasteiger partial charge >= 0.3 is 5.97 Å². The Labute approximate surface area is 122 Å². The molecule has 110 valence electrons. The second-order valence-corrected chi connectivity index (χ2v) is 4.71. The number of para-hydroxylation sites is 1. The van der Waals surface area contributed by atoms with Gasteiger partial charge in [-0.1, -0.05) is 44.5 Å². The zero-order valence-electron chi connectivity index (χ0n) is 12.8. The molecule has 1 rings (SSSR count). The van der Waals surface area contributed by atoms with Crippen molar-refractivity contribution in [2.45, 2.75) is 33.1 Å². The Morgan fingerprint density at radius 3 is 2.50 bits per heavy atom. The van der Waals surface area contributed by atoms with Gasteiger partial charge in [-0.25, -0.2) is 4.79 Å². The van der Waals surface area contributed by atoms with Crippen LogP contribution in [0.1, 0.15) is 33.1 Å². The quantitative estimate of drug-likeness (QED) is 0.534. The minimum absolute atomic E-state index is 0.226. The van der Waals surface area contributed by atoms with Crippen LogP contribution in [-0.4, -0.2) is 26.2 Å². The molecule has 0 radical (unpaired) electrons. The molecule has 0 aromatic heterocycles. The van der Waals surface area contributed by atoms with Gasteiger partial charge in [-0.3, -0.25) is 0 Å². The molecule has 0 atom stereocenters. The van der Waals surface area contributed by atoms with Crippen molar-refractivity contribution in [3.8, 4) is 0 Å². The van der Waals surface area contributed by atoms with Crippen molar-refractivity contribution in [3.05, 3.63) is 42.0 Å². The second-order valence-electron chi connectivity index (χ2n) is 4.71. The summed E-state index contributed by atoms with van der Waals surface area (Å²) in [6, 6.07) is 10.3. The van der Waals surface area contributed by atoms with Crippen molar-refractivity contribution in [2.75, 3.05) is 25.1 Å². The maximum atomic E-state index is 11.6. The van der Waals surface area contributed by atoms with Crippen LogP contribution in [-0.2, 0) is 9.53 Å². The summed E-state index contributed by atoms with van der Waals surface area (Å²) >= 11 is 0. The maximum Gasteiger partial charge on any atom is 0.333 e. The van der Waals surface area contributed by atoms with E-state index in [9.17, 15) is 4.79 Å². The third-order valence-corrected chi connectivity index (χ3v) is 3.29. The van der Waals surface area contributed by atoms with Crippen molar-refractivity contribution in [2.24, 2.45) is 0 Å². The predicted octanol–water partition coefficient (Wildman–Crippen LogP) is 3.80. The molecule has 0 aliphatic rings. The Morgan fingerprint density at radius 2 is 1.95 bits per heavy atom. The highest BCUT2D eigenvalue weighted by Gasteiger charge is 2.09. The van der Waals surface area contributed by atoms with E-state index >= 15 is 0 Å². The third-order valence-electron chi connectivity index (χ3n) is 3.29. The summed E-state index contributed by atoms with van der Waals surface area (Å²) in [6.07, 6.45) is 4.98. The molecule has 20 heavy (non-hydrogen) atoms. The van der Waals surface area contributed by atoms with Crippen LogP contribution in [0, 0.1) is 0 Å². The molecule has 0 amide bonds. The number of esters is 1. The fourth-order valence-electron chi connectivity index (χ4n) is 2.04. The molecule has 0 aliphatic heterocycles. The standard InChI is InChI=1S/C17H25NO2/c1-4-6-13-18(16-10-8-7-9-11-16)14-12-15(5-2)17(19)20-3/h7-12H,4-6,13-14H2,1-3H3. The van der Waals surface area contributed by atoms with Crippen LogP contribution in [0.2, 0.25) is 0 Å². The van der Waals surface area contributed by atoms with Crippen molar-refractivity contribution in [1.82, 2.24) is 0 Å². The number of methoxy groups -OCH3 is 1. The largest absolute Gasteiger partial charge is 0.466 e. The molecular formula is C17H25NO2. The lowest BCUT2D eigenvalue weighted by molar-refractivity contribution is -0.136. The molecule has 0 heterocycles. The van der Waals surface area contributed by atoms with Crippen LogP contribution in [0.15, 0.2) is 42.0 Å². The van der Waals surface area contributed by atoms with E-state index in [1.807, 2.05) is 31.2 Å². The van der Waals surface area contributed by atoms with E-state index in [1.54, 1.807) is 0 Å². The Hall–Kier alpha value is -1.77. The second kappa shape index (κ2) is 9.18. The Morgan fingerprint density at radius 1 is 1.25 bits per heavy atom. The molecule has 0 N–H and O–H groups in total. The maximum absolute atomic E-state index is 11.6. The SMILES string of the molecule is CCCCN(CC=C(CC)C(=O)OC)c1ccccc1. The lowest BCUT2D eigenvalue weighted by Gasteiger charge is -2.23. The van der Waals surface area contributed by atoms with Gasteiger partial charge in [0.1, 0.15) is 0 Å². The summed E-state index contributed by atoms with van der Waals surface area (Å²) in [4.78, 5) is 13.9. The summed E-state index contributed by atoms with van der Waals surface area (Å²) in [6.45, 7) is 5.89. The zero-order chi connectivity index (χ0) is 14.8. The first-order chi connectivity index (χ1) is 9.72. The highest BCUT2D eigenvalue weighted by molar-refractivity contribution is 5.88. The van der Waals surface area contributed by atoms with E-state index in [2.05, 4.69) is 24.0 Å². The van der Waals surface area contributed by atoms with E-state index in [4.69, 9.17) is 4.74 Å². The van der Waals surface area contributed by atoms with E-state index in [0.717, 1.165) is 31.5 Å². The minimum Gasteiger partial charge on any atom is -0.466 e. The fraction of sp³-hybridized carbons (Fsp3) is 0.471. The number of carbonyl (C=O) groups is 1. The van der Waals surface area contributed by atoms with Crippen LogP contribution >= 0.6 is 0 Å². The summed E-state index contributed by atoms with van der Waals surface area (Å²) < 4.78 is 4.80. The average molecular weight is 275 g/mol. The molecular weight excluding hydrogens is 250 g/mol. The molecule has 3 heteroatoms. The van der Waals surface area contributed by atoms with Gasteiger partial charge in [0.25, 0.3) is 0 Å². The number of unbranched alkanes of at least 4 members (excludes halogenated alkanes) is 1. The lowest BCUT2D eigenvalue weighted by atomic mass is 10.2. The molecule has 0 spiro atoms. The number of rotatable bonds is 8. The topological polar surface area (TPSA) is 29.5 Å². The number of ether oxygens (including phenoxy) is 1. The Balaban J connectivity index is 2.79. The van der Waals surface area contributed by atoms with Gasteiger partial charge in [-0.15, -0.1) is 0 Å². The van der Waals surface area contributed by atoms with E-state index in [1.165, 1.54) is 12.8 Å². The van der Waals surface area contributed by atoms with Crippen molar-refractivity contribution >= 4 is 11.7 Å². The van der Waals surface area contributed by atoms with Crippen molar-refractivity contribution in [1.29, 1.82) is 0 Å².